The van der Waals surface area contributed by atoms with Gasteiger partial charge < -0.3 is 184 Å². The predicted molar refractivity (Wildman–Crippen MR) is 335 cm³/mol. The van der Waals surface area contributed by atoms with Crippen molar-refractivity contribution in [2.45, 2.75) is 247 Å². The van der Waals surface area contributed by atoms with Crippen molar-refractivity contribution in [1.82, 2.24) is 5.32 Å². The molecule has 0 spiro atoms. The molecule has 103 heavy (non-hydrogen) atoms. The lowest BCUT2D eigenvalue weighted by Crippen LogP contribution is -2.68. The number of ketones is 2. The zero-order valence-corrected chi connectivity index (χ0v) is 57.5. The minimum absolute atomic E-state index is 0.0715. The Kier molecular flexibility index (Phi) is 33.5. The Morgan fingerprint density at radius 1 is 0.388 bits per heavy atom. The van der Waals surface area contributed by atoms with Crippen LogP contribution < -0.4 is 5.32 Å². The zero-order valence-electron chi connectivity index (χ0n) is 55.8. The van der Waals surface area contributed by atoms with E-state index in [-0.39, 0.29) is 62.3 Å². The van der Waals surface area contributed by atoms with E-state index in [0.717, 1.165) is 23.5 Å². The SMILES string of the molecule is CN[C@H](CSCC1O[C@H]2O[C@@H]3C(CO)O[C@H](O[C@@H]4C(CO)O[C@H](O[C@@H]5C(CO)O[C@H](O[C@@H]6C(CSC[C@@H](CC(=O)CCOCCOCCC(C)=O)C(=O)O)O[C@H](O[C@@H]7C(CO)C[C@@H](O[C@@H]8C(CO)O[C@@H](O[C@H]1[C@H](O)C2O)C(O)[C@H]8O)C(O)[C@H]7O)C(O)[C@H]6O)C(O)[C@H]5O)C(O)[C@H]4O)C(O)[C@H]3O)C(=O)O. The standard InChI is InChI=1S/C60H99NO40S2/c1-20(67)3-5-87-7-8-88-6-4-23(68)9-22(53(83)84)16-102-18-30-51-38(75)44(81)59(94-30)96-46-21(11-62)10-25(32(69)33(46)70)89-47-26(12-63)90-57(40(77)34(47)71)101-52-31(19-103-17-24(61-2)54(85)86)95-60(45(82)39(52)76)99-50-29(15-66)92-56(42(79)36(50)73)97-48-27(13-64)91-55(41(78)35(48)72)98-49-28(14-65)93-58(100-51)43(80)37(49)74/h21-22,24-52,55-66,69-82H,3-19H2,1-2H3,(H,83,84)(H,85,86)/t21?,22-,24-,25-,26?,27?,28?,29?,30?,31?,32?,33-,34-,35-,36-,37-,38-,39-,40?,41?,42?,43?,44?,45?,46-,47-,48-,49-,50-,51-,52-,55-,56-,57+,58-,59-,60+/m1/s1. The van der Waals surface area contributed by atoms with Gasteiger partial charge in [0.2, 0.25) is 0 Å². The number of aliphatic hydroxyl groups is 19. The molecule has 21 aliphatic rings. The fourth-order valence-corrected chi connectivity index (χ4v) is 15.5. The predicted octanol–water partition coefficient (Wildman–Crippen LogP) is -12.4. The first-order chi connectivity index (χ1) is 49.0. The van der Waals surface area contributed by atoms with Gasteiger partial charge in [-0.2, -0.15) is 23.5 Å². The van der Waals surface area contributed by atoms with Gasteiger partial charge in [-0.15, -0.1) is 0 Å². The molecule has 14 bridgehead atoms. The molecule has 0 aromatic carbocycles. The first-order valence-corrected chi connectivity index (χ1v) is 35.9. The van der Waals surface area contributed by atoms with E-state index in [1.165, 1.54) is 14.0 Å². The molecule has 37 atom stereocenters. The van der Waals surface area contributed by atoms with Gasteiger partial charge in [0.25, 0.3) is 0 Å². The molecule has 43 heteroatoms. The van der Waals surface area contributed by atoms with E-state index in [1.54, 1.807) is 0 Å². The zero-order chi connectivity index (χ0) is 75.4. The highest BCUT2D eigenvalue weighted by Crippen LogP contribution is 2.41. The number of likely N-dealkylation sites (N-methyl/N-ethyl adjacent to an activating group) is 1. The molecule has 14 unspecified atom stereocenters. The third-order valence-electron chi connectivity index (χ3n) is 19.1. The van der Waals surface area contributed by atoms with Crippen molar-refractivity contribution in [2.24, 2.45) is 11.8 Å². The highest BCUT2D eigenvalue weighted by atomic mass is 32.2. The van der Waals surface area contributed by atoms with Crippen LogP contribution in [-0.4, -0.2) is 435 Å². The molecule has 0 amide bonds. The van der Waals surface area contributed by atoms with Gasteiger partial charge in [0, 0.05) is 54.8 Å². The van der Waals surface area contributed by atoms with E-state index in [9.17, 15) is 126 Å². The van der Waals surface area contributed by atoms with Crippen molar-refractivity contribution in [3.63, 3.8) is 0 Å². The molecule has 0 radical (unpaired) electrons. The first-order valence-electron chi connectivity index (χ1n) is 33.6. The molecule has 21 fully saturated rings. The van der Waals surface area contributed by atoms with E-state index >= 15 is 0 Å². The molecule has 21 rings (SSSR count). The number of rotatable bonds is 27. The average molecular weight is 1540 g/mol. The fraction of sp³-hybridized carbons (Fsp3) is 0.933. The first kappa shape index (κ1) is 86.2. The number of Topliss-reactive ketones (excluding diaryl/α,β-unsaturated/α-hetero) is 2. The number of aliphatic carboxylic acids is 2. The molecule has 0 aromatic heterocycles. The number of nitrogens with one attached hydrogen (secondary N) is 1. The molecule has 22 N–H and O–H groups in total. The van der Waals surface area contributed by atoms with E-state index in [4.69, 9.17) is 71.1 Å². The van der Waals surface area contributed by atoms with Crippen molar-refractivity contribution < 1.29 is 197 Å². The maximum Gasteiger partial charge on any atom is 0.321 e. The number of thioether (sulfide) groups is 2. The summed E-state index contributed by atoms with van der Waals surface area (Å²) in [6.07, 6.45) is -69.8. The number of carbonyl (C=O) groups excluding carboxylic acids is 2. The van der Waals surface area contributed by atoms with Gasteiger partial charge in [0.1, 0.15) is 164 Å². The number of aliphatic hydroxyl groups excluding tert-OH is 19. The Morgan fingerprint density at radius 3 is 1.04 bits per heavy atom. The van der Waals surface area contributed by atoms with Gasteiger partial charge in [-0.3, -0.25) is 19.2 Å². The van der Waals surface area contributed by atoms with E-state index in [1.807, 2.05) is 0 Å². The van der Waals surface area contributed by atoms with Crippen LogP contribution in [0.4, 0.5) is 0 Å². The molecule has 20 aliphatic heterocycles. The monoisotopic (exact) mass is 1540 g/mol. The third kappa shape index (κ3) is 21.0. The largest absolute Gasteiger partial charge is 0.481 e. The summed E-state index contributed by atoms with van der Waals surface area (Å²) in [7, 11) is 1.36. The van der Waals surface area contributed by atoms with Crippen LogP contribution in [0.2, 0.25) is 0 Å². The summed E-state index contributed by atoms with van der Waals surface area (Å²) in [5.74, 6) is -7.28. The molecule has 1 saturated carbocycles. The fourth-order valence-electron chi connectivity index (χ4n) is 13.1. The van der Waals surface area contributed by atoms with Crippen LogP contribution in [0, 0.1) is 11.8 Å². The summed E-state index contributed by atoms with van der Waals surface area (Å²) in [6, 6.07) is -1.17. The van der Waals surface area contributed by atoms with Gasteiger partial charge in [-0.25, -0.2) is 0 Å². The summed E-state index contributed by atoms with van der Waals surface area (Å²) in [5, 5.41) is 240. The van der Waals surface area contributed by atoms with Gasteiger partial charge in [0.15, 0.2) is 37.7 Å². The number of hydrogen-bond acceptors (Lipinski definition) is 41. The second-order valence-corrected chi connectivity index (χ2v) is 28.4. The van der Waals surface area contributed by atoms with Gasteiger partial charge >= 0.3 is 11.9 Å². The van der Waals surface area contributed by atoms with Gasteiger partial charge in [0.05, 0.1) is 83.2 Å². The van der Waals surface area contributed by atoms with Crippen molar-refractivity contribution in [3.05, 3.63) is 0 Å². The average Bonchev–Trinajstić information content (AvgIpc) is 0.785. The van der Waals surface area contributed by atoms with Crippen molar-refractivity contribution in [3.8, 4) is 0 Å². The maximum absolute atomic E-state index is 13.0. The van der Waals surface area contributed by atoms with Crippen LogP contribution in [-0.2, 0) is 90.2 Å². The van der Waals surface area contributed by atoms with E-state index in [2.05, 4.69) is 5.32 Å². The highest BCUT2D eigenvalue weighted by Gasteiger charge is 2.60. The summed E-state index contributed by atoms with van der Waals surface area (Å²) >= 11 is 1.70. The number of carbonyl (C=O) groups is 4. The third-order valence-corrected chi connectivity index (χ3v) is 21.4. The summed E-state index contributed by atoms with van der Waals surface area (Å²) in [4.78, 5) is 48.8. The molecule has 20 heterocycles. The number of ether oxygens (including phenoxy) is 15. The number of carboxylic acid groups (broad SMARTS) is 2. The molecule has 1 aliphatic carbocycles. The van der Waals surface area contributed by atoms with Crippen LogP contribution in [0.1, 0.15) is 32.6 Å². The Hall–Kier alpha value is -2.42. The minimum Gasteiger partial charge on any atom is -0.481 e. The normalized spacial score (nSPS) is 44.9. The summed E-state index contributed by atoms with van der Waals surface area (Å²) < 4.78 is 88.1. The lowest BCUT2D eigenvalue weighted by molar-refractivity contribution is -0.395. The van der Waals surface area contributed by atoms with E-state index in [0.29, 0.717) is 0 Å². The van der Waals surface area contributed by atoms with Gasteiger partial charge in [-0.05, 0) is 20.4 Å². The molecular weight excluding hydrogens is 1440 g/mol. The highest BCUT2D eigenvalue weighted by molar-refractivity contribution is 7.99. The Balaban J connectivity index is 1.08. The number of hydrogen-bond donors (Lipinski definition) is 22. The Bertz CT molecular complexity index is 2610. The molecule has 596 valence electrons. The smallest absolute Gasteiger partial charge is 0.321 e. The number of carboxylic acids is 2. The van der Waals surface area contributed by atoms with Crippen molar-refractivity contribution in [2.75, 3.05) is 89.5 Å². The molecule has 41 nitrogen and oxygen atoms in total. The van der Waals surface area contributed by atoms with Crippen LogP contribution in [0.15, 0.2) is 0 Å². The summed E-state index contributed by atoms with van der Waals surface area (Å²) in [6.45, 7) is -3.57. The second-order valence-electron chi connectivity index (χ2n) is 26.2. The van der Waals surface area contributed by atoms with Crippen LogP contribution >= 0.6 is 23.5 Å². The minimum atomic E-state index is -2.29. The maximum atomic E-state index is 13.0. The quantitative estimate of drug-likeness (QED) is 0.0340. The van der Waals surface area contributed by atoms with Crippen LogP contribution in [0.5, 0.6) is 0 Å². The van der Waals surface area contributed by atoms with E-state index < -0.39 is 296 Å². The van der Waals surface area contributed by atoms with Crippen LogP contribution in [0.25, 0.3) is 0 Å². The van der Waals surface area contributed by atoms with Crippen molar-refractivity contribution >= 4 is 47.0 Å². The lowest BCUT2D eigenvalue weighted by Gasteiger charge is -2.50. The molecular formula is C60H99NO40S2. The summed E-state index contributed by atoms with van der Waals surface area (Å²) in [5.41, 5.74) is 0. The topological polar surface area (TPSA) is 644 Å². The lowest BCUT2D eigenvalue weighted by atomic mass is 9.80. The Morgan fingerprint density at radius 2 is 0.709 bits per heavy atom. The molecule has 0 aromatic rings. The molecule has 20 saturated heterocycles. The second kappa shape index (κ2) is 40.0. The van der Waals surface area contributed by atoms with Gasteiger partial charge in [-0.1, -0.05) is 0 Å². The van der Waals surface area contributed by atoms with Crippen LogP contribution in [0.3, 0.4) is 0 Å². The van der Waals surface area contributed by atoms with Crippen molar-refractivity contribution in [1.29, 1.82) is 0 Å². The Labute approximate surface area is 596 Å².